The number of likely N-dealkylation sites (tertiary alicyclic amines) is 1. The number of nitrogens with zero attached hydrogens (tertiary/aromatic N) is 3. The monoisotopic (exact) mass is 249 g/mol. The van der Waals surface area contributed by atoms with Crippen LogP contribution >= 0.6 is 11.6 Å². The predicted molar refractivity (Wildman–Crippen MR) is 65.3 cm³/mol. The Kier molecular flexibility index (Phi) is 2.52. The summed E-state index contributed by atoms with van der Waals surface area (Å²) in [6, 6.07) is 3.53. The Hall–Kier alpha value is -1.55. The van der Waals surface area contributed by atoms with Crippen molar-refractivity contribution >= 4 is 23.2 Å². The number of carbonyl (C=O) groups is 1. The molecule has 5 heteroatoms. The van der Waals surface area contributed by atoms with E-state index in [1.54, 1.807) is 18.3 Å². The van der Waals surface area contributed by atoms with Crippen LogP contribution in [0.15, 0.2) is 24.5 Å². The predicted octanol–water partition coefficient (Wildman–Crippen LogP) is 2.22. The molecular formula is C12H12ClN3O. The largest absolute Gasteiger partial charge is 0.337 e. The lowest BCUT2D eigenvalue weighted by molar-refractivity contribution is 0.0787. The number of imidazole rings is 1. The van der Waals surface area contributed by atoms with Gasteiger partial charge >= 0.3 is 0 Å². The third-order valence-corrected chi connectivity index (χ3v) is 3.27. The molecule has 0 aliphatic carbocycles. The van der Waals surface area contributed by atoms with Crippen molar-refractivity contribution in [3.05, 3.63) is 35.2 Å². The molecule has 0 N–H and O–H groups in total. The van der Waals surface area contributed by atoms with Crippen LogP contribution in [0.4, 0.5) is 0 Å². The van der Waals surface area contributed by atoms with E-state index >= 15 is 0 Å². The van der Waals surface area contributed by atoms with Crippen LogP contribution in [0.5, 0.6) is 0 Å². The van der Waals surface area contributed by atoms with Crippen molar-refractivity contribution in [2.45, 2.75) is 12.8 Å². The van der Waals surface area contributed by atoms with E-state index in [0.29, 0.717) is 16.4 Å². The van der Waals surface area contributed by atoms with Crippen LogP contribution in [-0.2, 0) is 0 Å². The van der Waals surface area contributed by atoms with Crippen LogP contribution in [0.3, 0.4) is 0 Å². The highest BCUT2D eigenvalue weighted by atomic mass is 35.5. The van der Waals surface area contributed by atoms with Crippen molar-refractivity contribution in [3.63, 3.8) is 0 Å². The molecule has 17 heavy (non-hydrogen) atoms. The second kappa shape index (κ2) is 4.04. The maximum Gasteiger partial charge on any atom is 0.274 e. The van der Waals surface area contributed by atoms with Gasteiger partial charge in [-0.25, -0.2) is 4.98 Å². The summed E-state index contributed by atoms with van der Waals surface area (Å²) in [5.41, 5.74) is 1.20. The quantitative estimate of drug-likeness (QED) is 0.777. The Morgan fingerprint density at radius 3 is 2.88 bits per heavy atom. The van der Waals surface area contributed by atoms with Crippen LogP contribution in [0.25, 0.3) is 5.65 Å². The Labute approximate surface area is 104 Å². The molecule has 4 nitrogen and oxygen atoms in total. The van der Waals surface area contributed by atoms with E-state index in [1.165, 1.54) is 0 Å². The SMILES string of the molecule is O=C(c1cn2ccc(Cl)cc2n1)N1CCCC1. The Bertz CT molecular complexity index is 572. The minimum Gasteiger partial charge on any atom is -0.337 e. The van der Waals surface area contributed by atoms with E-state index in [0.717, 1.165) is 25.9 Å². The lowest BCUT2D eigenvalue weighted by Gasteiger charge is -2.12. The van der Waals surface area contributed by atoms with Crippen molar-refractivity contribution in [2.75, 3.05) is 13.1 Å². The first-order valence-electron chi connectivity index (χ1n) is 5.67. The van der Waals surface area contributed by atoms with E-state index in [1.807, 2.05) is 15.5 Å². The van der Waals surface area contributed by atoms with Crippen molar-refractivity contribution in [3.8, 4) is 0 Å². The molecule has 0 unspecified atom stereocenters. The lowest BCUT2D eigenvalue weighted by Crippen LogP contribution is -2.27. The topological polar surface area (TPSA) is 37.6 Å². The third-order valence-electron chi connectivity index (χ3n) is 3.03. The fourth-order valence-electron chi connectivity index (χ4n) is 2.14. The number of rotatable bonds is 1. The molecule has 88 valence electrons. The van der Waals surface area contributed by atoms with Gasteiger partial charge in [0, 0.05) is 36.6 Å². The van der Waals surface area contributed by atoms with Gasteiger partial charge in [0.25, 0.3) is 5.91 Å². The maximum atomic E-state index is 12.1. The second-order valence-corrected chi connectivity index (χ2v) is 4.67. The zero-order valence-corrected chi connectivity index (χ0v) is 10.0. The molecule has 2 aromatic rings. The van der Waals surface area contributed by atoms with Gasteiger partial charge in [-0.3, -0.25) is 4.79 Å². The van der Waals surface area contributed by atoms with Crippen LogP contribution in [0, 0.1) is 0 Å². The smallest absolute Gasteiger partial charge is 0.274 e. The van der Waals surface area contributed by atoms with Crippen LogP contribution < -0.4 is 0 Å². The van der Waals surface area contributed by atoms with Gasteiger partial charge in [-0.2, -0.15) is 0 Å². The zero-order valence-electron chi connectivity index (χ0n) is 9.27. The summed E-state index contributed by atoms with van der Waals surface area (Å²) in [6.45, 7) is 1.68. The molecule has 2 aromatic heterocycles. The average Bonchev–Trinajstić information content (AvgIpc) is 2.96. The molecule has 0 spiro atoms. The number of amides is 1. The summed E-state index contributed by atoms with van der Waals surface area (Å²) in [4.78, 5) is 18.3. The van der Waals surface area contributed by atoms with E-state index in [4.69, 9.17) is 11.6 Å². The zero-order chi connectivity index (χ0) is 11.8. The van der Waals surface area contributed by atoms with Crippen molar-refractivity contribution < 1.29 is 4.79 Å². The van der Waals surface area contributed by atoms with Gasteiger partial charge in [0.15, 0.2) is 0 Å². The summed E-state index contributed by atoms with van der Waals surface area (Å²) in [7, 11) is 0. The van der Waals surface area contributed by atoms with Gasteiger partial charge < -0.3 is 9.30 Å². The minimum absolute atomic E-state index is 0.0160. The molecule has 1 amide bonds. The Morgan fingerprint density at radius 1 is 1.35 bits per heavy atom. The van der Waals surface area contributed by atoms with Crippen molar-refractivity contribution in [1.29, 1.82) is 0 Å². The molecule has 1 saturated heterocycles. The molecule has 3 heterocycles. The number of pyridine rings is 1. The van der Waals surface area contributed by atoms with Crippen molar-refractivity contribution in [1.82, 2.24) is 14.3 Å². The molecule has 0 radical (unpaired) electrons. The average molecular weight is 250 g/mol. The number of hydrogen-bond acceptors (Lipinski definition) is 2. The summed E-state index contributed by atoms with van der Waals surface area (Å²) in [6.07, 6.45) is 5.74. The highest BCUT2D eigenvalue weighted by Crippen LogP contribution is 2.15. The fourth-order valence-corrected chi connectivity index (χ4v) is 2.30. The van der Waals surface area contributed by atoms with Crippen LogP contribution in [0.2, 0.25) is 5.02 Å². The number of hydrogen-bond donors (Lipinski definition) is 0. The molecule has 1 fully saturated rings. The lowest BCUT2D eigenvalue weighted by atomic mass is 10.4. The maximum absolute atomic E-state index is 12.1. The molecular weight excluding hydrogens is 238 g/mol. The van der Waals surface area contributed by atoms with E-state index in [2.05, 4.69) is 4.98 Å². The van der Waals surface area contributed by atoms with E-state index in [-0.39, 0.29) is 5.91 Å². The number of fused-ring (bicyclic) bond motifs is 1. The molecule has 0 bridgehead atoms. The normalized spacial score (nSPS) is 15.7. The first-order valence-corrected chi connectivity index (χ1v) is 6.05. The van der Waals surface area contributed by atoms with Gasteiger partial charge in [0.2, 0.25) is 0 Å². The van der Waals surface area contributed by atoms with Gasteiger partial charge in [-0.05, 0) is 18.9 Å². The Morgan fingerprint density at radius 2 is 2.12 bits per heavy atom. The van der Waals surface area contributed by atoms with Crippen molar-refractivity contribution in [2.24, 2.45) is 0 Å². The molecule has 1 aliphatic heterocycles. The summed E-state index contributed by atoms with van der Waals surface area (Å²) in [5, 5.41) is 0.628. The molecule has 0 saturated carbocycles. The summed E-state index contributed by atoms with van der Waals surface area (Å²) in [5.74, 6) is 0.0160. The van der Waals surface area contributed by atoms with Gasteiger partial charge in [-0.1, -0.05) is 11.6 Å². The summed E-state index contributed by atoms with van der Waals surface area (Å²) >= 11 is 5.89. The number of carbonyl (C=O) groups excluding carboxylic acids is 1. The molecule has 3 rings (SSSR count). The molecule has 1 aliphatic rings. The highest BCUT2D eigenvalue weighted by Gasteiger charge is 2.21. The number of halogens is 1. The van der Waals surface area contributed by atoms with Crippen LogP contribution in [-0.4, -0.2) is 33.3 Å². The van der Waals surface area contributed by atoms with E-state index in [9.17, 15) is 4.79 Å². The highest BCUT2D eigenvalue weighted by molar-refractivity contribution is 6.30. The van der Waals surface area contributed by atoms with Gasteiger partial charge in [0.1, 0.15) is 11.3 Å². The van der Waals surface area contributed by atoms with Gasteiger partial charge in [0.05, 0.1) is 0 Å². The first-order chi connectivity index (χ1) is 8.24. The van der Waals surface area contributed by atoms with E-state index < -0.39 is 0 Å². The van der Waals surface area contributed by atoms with Crippen LogP contribution in [0.1, 0.15) is 23.3 Å². The minimum atomic E-state index is 0.0160. The molecule has 0 atom stereocenters. The third kappa shape index (κ3) is 1.89. The standard InChI is InChI=1S/C12H12ClN3O/c13-9-3-6-16-8-10(14-11(16)7-9)12(17)15-4-1-2-5-15/h3,6-8H,1-2,4-5H2. The fraction of sp³-hybridized carbons (Fsp3) is 0.333. The molecule has 0 aromatic carbocycles. The second-order valence-electron chi connectivity index (χ2n) is 4.24. The summed E-state index contributed by atoms with van der Waals surface area (Å²) < 4.78 is 1.81. The Balaban J connectivity index is 1.97. The number of aromatic nitrogens is 2. The first kappa shape index (κ1) is 10.6. The van der Waals surface area contributed by atoms with Gasteiger partial charge in [-0.15, -0.1) is 0 Å².